The molecule has 38 heavy (non-hydrogen) atoms. The number of hydrogen-bond donors (Lipinski definition) is 1. The minimum absolute atomic E-state index is 0.111. The van der Waals surface area contributed by atoms with Crippen LogP contribution in [0.2, 0.25) is 10.0 Å². The van der Waals surface area contributed by atoms with E-state index in [-0.39, 0.29) is 17.6 Å². The molecule has 2 aromatic heterocycles. The molecule has 5 rings (SSSR count). The second kappa shape index (κ2) is 11.4. The van der Waals surface area contributed by atoms with E-state index in [1.54, 1.807) is 30.1 Å². The monoisotopic (exact) mass is 554 g/mol. The highest BCUT2D eigenvalue weighted by Gasteiger charge is 2.36. The van der Waals surface area contributed by atoms with Gasteiger partial charge in [0.25, 0.3) is 0 Å². The van der Waals surface area contributed by atoms with Crippen LogP contribution in [0.5, 0.6) is 0 Å². The first-order valence-corrected chi connectivity index (χ1v) is 13.9. The number of nitrogens with zero attached hydrogens (tertiary/aromatic N) is 7. The maximum atomic E-state index is 11.5. The van der Waals surface area contributed by atoms with Gasteiger partial charge in [0, 0.05) is 43.1 Å². The van der Waals surface area contributed by atoms with E-state index in [2.05, 4.69) is 31.3 Å². The van der Waals surface area contributed by atoms with Gasteiger partial charge in [-0.1, -0.05) is 29.3 Å². The van der Waals surface area contributed by atoms with Crippen molar-refractivity contribution in [3.05, 3.63) is 45.7 Å². The quantitative estimate of drug-likeness (QED) is 0.443. The molecule has 2 saturated heterocycles. The van der Waals surface area contributed by atoms with Crippen LogP contribution in [-0.4, -0.2) is 70.3 Å². The van der Waals surface area contributed by atoms with Crippen molar-refractivity contribution in [2.24, 2.45) is 11.8 Å². The number of nitrogens with one attached hydrogen (secondary N) is 1. The lowest BCUT2D eigenvalue weighted by Gasteiger charge is -2.47. The zero-order valence-corrected chi connectivity index (χ0v) is 23.2. The van der Waals surface area contributed by atoms with Crippen LogP contribution < -0.4 is 10.2 Å². The largest absolute Gasteiger partial charge is 0.359 e. The van der Waals surface area contributed by atoms with Crippen LogP contribution >= 0.6 is 23.2 Å². The second-order valence-corrected chi connectivity index (χ2v) is 11.1. The first kappa shape index (κ1) is 26.7. The van der Waals surface area contributed by atoms with Gasteiger partial charge < -0.3 is 15.1 Å². The zero-order chi connectivity index (χ0) is 26.8. The number of carbonyl (C=O) groups is 1. The van der Waals surface area contributed by atoms with Crippen LogP contribution in [0.25, 0.3) is 11.2 Å². The minimum Gasteiger partial charge on any atom is -0.359 e. The standard InChI is InChI=1S/C27H32Cl2N8O/c1-17(21-8-7-20(28)11-22(21)29)37-27-26(23(12-30)34-37)32-13-24(33-27)36-15-19(16-36)18-5-3-9-35(14-18)10-4-6-25(38)31-2/h7-8,11,13,17-19H,3-6,9-10,14-16H2,1-2H3,(H,31,38)/t17-,18+/m1/s1. The SMILES string of the molecule is CNC(=O)CCCN1CCC[C@H](C2CN(c3cnc4c(C#N)nn([C@H](C)c5ccc(Cl)cc5Cl)c4n3)C2)C1. The van der Waals surface area contributed by atoms with E-state index in [1.165, 1.54) is 12.8 Å². The number of anilines is 1. The predicted octanol–water partition coefficient (Wildman–Crippen LogP) is 4.29. The summed E-state index contributed by atoms with van der Waals surface area (Å²) in [7, 11) is 1.69. The Morgan fingerprint density at radius 3 is 2.82 bits per heavy atom. The fraction of sp³-hybridized carbons (Fsp3) is 0.519. The molecule has 3 aromatic rings. The van der Waals surface area contributed by atoms with Gasteiger partial charge in [0.15, 0.2) is 11.3 Å². The summed E-state index contributed by atoms with van der Waals surface area (Å²) in [6.07, 6.45) is 5.68. The summed E-state index contributed by atoms with van der Waals surface area (Å²) in [5, 5.41) is 18.0. The van der Waals surface area contributed by atoms with Crippen LogP contribution in [0.15, 0.2) is 24.4 Å². The van der Waals surface area contributed by atoms with Crippen molar-refractivity contribution in [1.29, 1.82) is 5.26 Å². The molecule has 9 nitrogen and oxygen atoms in total. The van der Waals surface area contributed by atoms with E-state index >= 15 is 0 Å². The van der Waals surface area contributed by atoms with E-state index < -0.39 is 0 Å². The Hall–Kier alpha value is -2.93. The highest BCUT2D eigenvalue weighted by molar-refractivity contribution is 6.35. The van der Waals surface area contributed by atoms with Gasteiger partial charge in [-0.05, 0) is 68.8 Å². The van der Waals surface area contributed by atoms with Crippen LogP contribution in [0.1, 0.15) is 49.9 Å². The van der Waals surface area contributed by atoms with Gasteiger partial charge in [0.05, 0.1) is 12.2 Å². The molecule has 1 aromatic carbocycles. The molecular weight excluding hydrogens is 523 g/mol. The Labute approximate surface area is 232 Å². The summed E-state index contributed by atoms with van der Waals surface area (Å²) < 4.78 is 1.73. The molecule has 2 atom stereocenters. The number of piperidine rings is 1. The Morgan fingerprint density at radius 2 is 2.08 bits per heavy atom. The Kier molecular flexibility index (Phi) is 8.03. The van der Waals surface area contributed by atoms with Gasteiger partial charge in [-0.25, -0.2) is 14.6 Å². The molecule has 0 bridgehead atoms. The van der Waals surface area contributed by atoms with Crippen LogP contribution in [-0.2, 0) is 4.79 Å². The maximum absolute atomic E-state index is 11.5. The molecular formula is C27H32Cl2N8O. The van der Waals surface area contributed by atoms with Gasteiger partial charge in [-0.15, -0.1) is 0 Å². The third-order valence-corrected chi connectivity index (χ3v) is 8.44. The molecule has 0 saturated carbocycles. The Morgan fingerprint density at radius 1 is 1.26 bits per heavy atom. The molecule has 2 aliphatic rings. The molecule has 1 amide bonds. The third kappa shape index (κ3) is 5.44. The van der Waals surface area contributed by atoms with Gasteiger partial charge in [0.2, 0.25) is 5.91 Å². The molecule has 1 N–H and O–H groups in total. The summed E-state index contributed by atoms with van der Waals surface area (Å²) >= 11 is 12.6. The van der Waals surface area contributed by atoms with Crippen molar-refractivity contribution in [1.82, 2.24) is 30.0 Å². The van der Waals surface area contributed by atoms with Gasteiger partial charge in [0.1, 0.15) is 17.4 Å². The number of nitriles is 1. The molecule has 11 heteroatoms. The maximum Gasteiger partial charge on any atom is 0.219 e. The van der Waals surface area contributed by atoms with Crippen molar-refractivity contribution in [3.63, 3.8) is 0 Å². The van der Waals surface area contributed by atoms with E-state index in [1.807, 2.05) is 13.0 Å². The first-order valence-electron chi connectivity index (χ1n) is 13.2. The summed E-state index contributed by atoms with van der Waals surface area (Å²) in [5.41, 5.74) is 2.15. The molecule has 4 heterocycles. The van der Waals surface area contributed by atoms with Crippen LogP contribution in [0, 0.1) is 23.2 Å². The van der Waals surface area contributed by atoms with Crippen molar-refractivity contribution >= 4 is 46.1 Å². The smallest absolute Gasteiger partial charge is 0.219 e. The Balaban J connectivity index is 1.28. The van der Waals surface area contributed by atoms with E-state index in [0.717, 1.165) is 50.5 Å². The number of fused-ring (bicyclic) bond motifs is 1. The molecule has 200 valence electrons. The van der Waals surface area contributed by atoms with Crippen LogP contribution in [0.3, 0.4) is 0 Å². The lowest BCUT2D eigenvalue weighted by atomic mass is 9.80. The topological polar surface area (TPSA) is 103 Å². The molecule has 0 unspecified atom stereocenters. The third-order valence-electron chi connectivity index (χ3n) is 7.88. The number of hydrogen-bond acceptors (Lipinski definition) is 7. The van der Waals surface area contributed by atoms with Gasteiger partial charge in [-0.2, -0.15) is 10.4 Å². The number of amides is 1. The summed E-state index contributed by atoms with van der Waals surface area (Å²) in [4.78, 5) is 25.8. The average molecular weight is 556 g/mol. The summed E-state index contributed by atoms with van der Waals surface area (Å²) in [6, 6.07) is 7.26. The number of carbonyl (C=O) groups excluding carboxylic acids is 1. The molecule has 2 aliphatic heterocycles. The van der Waals surface area contributed by atoms with Crippen LogP contribution in [0.4, 0.5) is 5.82 Å². The molecule has 0 spiro atoms. The van der Waals surface area contributed by atoms with E-state index in [9.17, 15) is 10.1 Å². The fourth-order valence-corrected chi connectivity index (χ4v) is 6.20. The number of aromatic nitrogens is 4. The van der Waals surface area contributed by atoms with Gasteiger partial charge in [-0.3, -0.25) is 4.79 Å². The summed E-state index contributed by atoms with van der Waals surface area (Å²) in [6.45, 7) is 7.03. The lowest BCUT2D eigenvalue weighted by molar-refractivity contribution is -0.120. The number of benzene rings is 1. The fourth-order valence-electron chi connectivity index (χ4n) is 5.63. The van der Waals surface area contributed by atoms with Crippen molar-refractivity contribution in [2.45, 2.75) is 38.6 Å². The van der Waals surface area contributed by atoms with E-state index in [4.69, 9.17) is 28.2 Å². The number of halogens is 2. The highest BCUT2D eigenvalue weighted by atomic mass is 35.5. The molecule has 0 radical (unpaired) electrons. The normalized spacial score (nSPS) is 19.2. The van der Waals surface area contributed by atoms with Gasteiger partial charge >= 0.3 is 0 Å². The summed E-state index contributed by atoms with van der Waals surface area (Å²) in [5.74, 6) is 2.17. The number of likely N-dealkylation sites (tertiary alicyclic amines) is 1. The van der Waals surface area contributed by atoms with Crippen molar-refractivity contribution in [2.75, 3.05) is 44.7 Å². The van der Waals surface area contributed by atoms with Crippen molar-refractivity contribution < 1.29 is 4.79 Å². The number of rotatable bonds is 8. The average Bonchev–Trinajstić information content (AvgIpc) is 3.26. The highest BCUT2D eigenvalue weighted by Crippen LogP contribution is 2.35. The zero-order valence-electron chi connectivity index (χ0n) is 21.7. The second-order valence-electron chi connectivity index (χ2n) is 10.3. The molecule has 2 fully saturated rings. The predicted molar refractivity (Wildman–Crippen MR) is 148 cm³/mol. The van der Waals surface area contributed by atoms with E-state index in [0.29, 0.717) is 39.5 Å². The Bertz CT molecular complexity index is 1360. The minimum atomic E-state index is -0.255. The lowest BCUT2D eigenvalue weighted by Crippen LogP contribution is -2.54. The van der Waals surface area contributed by atoms with Crippen molar-refractivity contribution in [3.8, 4) is 6.07 Å². The molecule has 0 aliphatic carbocycles. The first-order chi connectivity index (χ1) is 18.4.